The number of hydrogen-bond acceptors (Lipinski definition) is 2. The Balaban J connectivity index is 1.76. The lowest BCUT2D eigenvalue weighted by molar-refractivity contribution is 0.192. The molecule has 0 amide bonds. The summed E-state index contributed by atoms with van der Waals surface area (Å²) < 4.78 is 6.24. The first-order chi connectivity index (χ1) is 10.4. The Hall–Kier alpha value is -1.28. The number of fused-ring (bicyclic) bond motifs is 1. The van der Waals surface area contributed by atoms with Gasteiger partial charge in [0, 0.05) is 6.42 Å². The zero-order valence-electron chi connectivity index (χ0n) is 13.1. The molecule has 0 fully saturated rings. The monoisotopic (exact) mass is 285 g/mol. The maximum absolute atomic E-state index is 6.24. The van der Waals surface area contributed by atoms with E-state index < -0.39 is 0 Å². The van der Waals surface area contributed by atoms with Gasteiger partial charge in [0.1, 0.15) is 11.9 Å². The number of rotatable bonds is 4. The predicted octanol–water partition coefficient (Wildman–Crippen LogP) is 4.25. The Morgan fingerprint density at radius 2 is 2.05 bits per heavy atom. The van der Waals surface area contributed by atoms with Crippen LogP contribution in [-0.4, -0.2) is 18.7 Å². The van der Waals surface area contributed by atoms with Crippen LogP contribution in [0.25, 0.3) is 0 Å². The number of allylic oxidation sites excluding steroid dienone is 1. The van der Waals surface area contributed by atoms with Crippen molar-refractivity contribution in [2.45, 2.75) is 64.0 Å². The summed E-state index contributed by atoms with van der Waals surface area (Å²) in [6.07, 6.45) is 11.7. The summed E-state index contributed by atoms with van der Waals surface area (Å²) in [5.41, 5.74) is 2.94. The van der Waals surface area contributed by atoms with Crippen LogP contribution in [0.3, 0.4) is 0 Å². The lowest BCUT2D eigenvalue weighted by Gasteiger charge is -2.28. The number of benzene rings is 1. The minimum absolute atomic E-state index is 0.257. The molecule has 114 valence electrons. The standard InChI is InChI=1S/C19H27NO/c1-2-20-19(15-10-6-4-3-5-7-11-15)18-14-16-12-8-9-13-17(16)21-18/h8-10,12-13,18-20H,2-7,11,14H2,1H3/b15-10+. The average molecular weight is 285 g/mol. The summed E-state index contributed by atoms with van der Waals surface area (Å²) in [5.74, 6) is 1.08. The fraction of sp³-hybridized carbons (Fsp3) is 0.579. The lowest BCUT2D eigenvalue weighted by atomic mass is 9.90. The molecule has 1 aromatic carbocycles. The van der Waals surface area contributed by atoms with E-state index in [1.54, 1.807) is 5.57 Å². The molecule has 2 nitrogen and oxygen atoms in total. The van der Waals surface area contributed by atoms with Crippen molar-refractivity contribution in [2.75, 3.05) is 6.54 Å². The second-order valence-electron chi connectivity index (χ2n) is 6.24. The summed E-state index contributed by atoms with van der Waals surface area (Å²) in [7, 11) is 0. The van der Waals surface area contributed by atoms with Crippen LogP contribution in [0.4, 0.5) is 0 Å². The molecular formula is C19H27NO. The van der Waals surface area contributed by atoms with Crippen LogP contribution in [0.1, 0.15) is 51.0 Å². The Bertz CT molecular complexity index is 469. The zero-order valence-corrected chi connectivity index (χ0v) is 13.1. The predicted molar refractivity (Wildman–Crippen MR) is 87.8 cm³/mol. The Labute approximate surface area is 128 Å². The van der Waals surface area contributed by atoms with E-state index in [0.29, 0.717) is 6.04 Å². The minimum atomic E-state index is 0.257. The van der Waals surface area contributed by atoms with Gasteiger partial charge in [-0.05, 0) is 43.9 Å². The third-order valence-corrected chi connectivity index (χ3v) is 4.69. The van der Waals surface area contributed by atoms with Gasteiger partial charge in [-0.15, -0.1) is 0 Å². The smallest absolute Gasteiger partial charge is 0.123 e. The molecule has 2 aliphatic rings. The number of para-hydroxylation sites is 1. The Kier molecular flexibility index (Phi) is 4.97. The molecule has 0 radical (unpaired) electrons. The van der Waals surface area contributed by atoms with Crippen molar-refractivity contribution < 1.29 is 4.74 Å². The highest BCUT2D eigenvalue weighted by molar-refractivity contribution is 5.38. The number of hydrogen-bond donors (Lipinski definition) is 1. The molecule has 2 atom stereocenters. The molecular weight excluding hydrogens is 258 g/mol. The normalized spacial score (nSPS) is 26.0. The quantitative estimate of drug-likeness (QED) is 0.835. The molecule has 2 heteroatoms. The van der Waals surface area contributed by atoms with Gasteiger partial charge in [0.05, 0.1) is 6.04 Å². The van der Waals surface area contributed by atoms with Gasteiger partial charge >= 0.3 is 0 Å². The fourth-order valence-corrected chi connectivity index (χ4v) is 3.62. The van der Waals surface area contributed by atoms with E-state index in [2.05, 4.69) is 42.6 Å². The van der Waals surface area contributed by atoms with Gasteiger partial charge in [-0.1, -0.05) is 49.6 Å². The molecule has 1 N–H and O–H groups in total. The maximum Gasteiger partial charge on any atom is 0.123 e. The van der Waals surface area contributed by atoms with E-state index in [1.165, 1.54) is 44.1 Å². The van der Waals surface area contributed by atoms with E-state index in [0.717, 1.165) is 18.7 Å². The van der Waals surface area contributed by atoms with Crippen LogP contribution in [0.2, 0.25) is 0 Å². The van der Waals surface area contributed by atoms with Crippen LogP contribution in [0.5, 0.6) is 5.75 Å². The average Bonchev–Trinajstić information content (AvgIpc) is 2.89. The third kappa shape index (κ3) is 3.49. The van der Waals surface area contributed by atoms with Gasteiger partial charge in [-0.25, -0.2) is 0 Å². The van der Waals surface area contributed by atoms with E-state index in [9.17, 15) is 0 Å². The summed E-state index contributed by atoms with van der Waals surface area (Å²) in [4.78, 5) is 0. The molecule has 1 aliphatic carbocycles. The Morgan fingerprint density at radius 3 is 2.90 bits per heavy atom. The summed E-state index contributed by atoms with van der Waals surface area (Å²) in [6, 6.07) is 8.86. The van der Waals surface area contributed by atoms with Gasteiger partial charge in [-0.3, -0.25) is 0 Å². The molecule has 0 spiro atoms. The summed E-state index contributed by atoms with van der Waals surface area (Å²) in [6.45, 7) is 3.19. The molecule has 21 heavy (non-hydrogen) atoms. The van der Waals surface area contributed by atoms with Gasteiger partial charge in [0.25, 0.3) is 0 Å². The first-order valence-electron chi connectivity index (χ1n) is 8.55. The zero-order chi connectivity index (χ0) is 14.5. The molecule has 1 aromatic rings. The first-order valence-corrected chi connectivity index (χ1v) is 8.55. The van der Waals surface area contributed by atoms with Crippen molar-refractivity contribution in [1.29, 1.82) is 0 Å². The second-order valence-corrected chi connectivity index (χ2v) is 6.24. The van der Waals surface area contributed by atoms with Gasteiger partial charge in [0.2, 0.25) is 0 Å². The van der Waals surface area contributed by atoms with E-state index in [1.807, 2.05) is 0 Å². The highest BCUT2D eigenvalue weighted by Gasteiger charge is 2.31. The molecule has 0 aromatic heterocycles. The van der Waals surface area contributed by atoms with Crippen LogP contribution >= 0.6 is 0 Å². The second kappa shape index (κ2) is 7.13. The first kappa shape index (κ1) is 14.6. The van der Waals surface area contributed by atoms with Gasteiger partial charge in [-0.2, -0.15) is 0 Å². The summed E-state index contributed by atoms with van der Waals surface area (Å²) in [5, 5.41) is 3.68. The number of likely N-dealkylation sites (N-methyl/N-ethyl adjacent to an activating group) is 1. The van der Waals surface area contributed by atoms with Crippen LogP contribution in [0.15, 0.2) is 35.9 Å². The molecule has 0 bridgehead atoms. The van der Waals surface area contributed by atoms with Crippen LogP contribution in [0, 0.1) is 0 Å². The highest BCUT2D eigenvalue weighted by Crippen LogP contribution is 2.32. The highest BCUT2D eigenvalue weighted by atomic mass is 16.5. The van der Waals surface area contributed by atoms with E-state index >= 15 is 0 Å². The van der Waals surface area contributed by atoms with Crippen molar-refractivity contribution in [2.24, 2.45) is 0 Å². The topological polar surface area (TPSA) is 21.3 Å². The minimum Gasteiger partial charge on any atom is -0.488 e. The summed E-state index contributed by atoms with van der Waals surface area (Å²) >= 11 is 0. The van der Waals surface area contributed by atoms with Crippen molar-refractivity contribution in [3.63, 3.8) is 0 Å². The molecule has 0 saturated heterocycles. The van der Waals surface area contributed by atoms with Crippen LogP contribution in [-0.2, 0) is 6.42 Å². The fourth-order valence-electron chi connectivity index (χ4n) is 3.62. The SMILES string of the molecule is CCNC(/C1=C/CCCCCC1)C1Cc2ccccc2O1. The van der Waals surface area contributed by atoms with Crippen molar-refractivity contribution in [1.82, 2.24) is 5.32 Å². The van der Waals surface area contributed by atoms with Gasteiger partial charge < -0.3 is 10.1 Å². The van der Waals surface area contributed by atoms with Crippen molar-refractivity contribution in [3.8, 4) is 5.75 Å². The maximum atomic E-state index is 6.24. The van der Waals surface area contributed by atoms with E-state index in [-0.39, 0.29) is 6.10 Å². The molecule has 1 aliphatic heterocycles. The third-order valence-electron chi connectivity index (χ3n) is 4.69. The largest absolute Gasteiger partial charge is 0.488 e. The van der Waals surface area contributed by atoms with Crippen LogP contribution < -0.4 is 10.1 Å². The number of ether oxygens (including phenoxy) is 1. The molecule has 1 heterocycles. The molecule has 0 saturated carbocycles. The Morgan fingerprint density at radius 1 is 1.19 bits per heavy atom. The number of nitrogens with one attached hydrogen (secondary N) is 1. The molecule has 2 unspecified atom stereocenters. The lowest BCUT2D eigenvalue weighted by Crippen LogP contribution is -2.44. The molecule has 3 rings (SSSR count). The van der Waals surface area contributed by atoms with Crippen molar-refractivity contribution >= 4 is 0 Å². The van der Waals surface area contributed by atoms with Gasteiger partial charge in [0.15, 0.2) is 0 Å². The van der Waals surface area contributed by atoms with Crippen molar-refractivity contribution in [3.05, 3.63) is 41.5 Å². The van der Waals surface area contributed by atoms with E-state index in [4.69, 9.17) is 4.74 Å².